The summed E-state index contributed by atoms with van der Waals surface area (Å²) < 4.78 is 0.909. The third-order valence-electron chi connectivity index (χ3n) is 2.57. The highest BCUT2D eigenvalue weighted by atomic mass is 79.9. The first-order valence-electron chi connectivity index (χ1n) is 5.92. The van der Waals surface area contributed by atoms with Gasteiger partial charge >= 0.3 is 0 Å². The smallest absolute Gasteiger partial charge is 0.249 e. The number of nitrogens with zero attached hydrogens (tertiary/aromatic N) is 1. The fourth-order valence-corrected chi connectivity index (χ4v) is 1.87. The fraction of sp³-hybridized carbons (Fsp3) is 0.0667. The van der Waals surface area contributed by atoms with Crippen LogP contribution in [0.1, 0.15) is 11.3 Å². The predicted molar refractivity (Wildman–Crippen MR) is 85.8 cm³/mol. The summed E-state index contributed by atoms with van der Waals surface area (Å²) in [7, 11) is 0. The van der Waals surface area contributed by atoms with Gasteiger partial charge < -0.3 is 5.32 Å². The van der Waals surface area contributed by atoms with Crippen LogP contribution in [-0.4, -0.2) is 10.9 Å². The molecule has 5 heteroatoms. The Kier molecular flexibility index (Phi) is 4.93. The standard InChI is InChI=1S/C15H12BrClN2O/c1-10-13(16)7-8-14(18-10)19-15(20)9-4-11-2-5-12(17)6-3-11/h2-9H,1H3,(H,18,19,20)/b9-4+. The molecule has 1 aromatic carbocycles. The van der Waals surface area contributed by atoms with E-state index < -0.39 is 0 Å². The zero-order valence-corrected chi connectivity index (χ0v) is 13.1. The Morgan fingerprint density at radius 3 is 2.60 bits per heavy atom. The number of rotatable bonds is 3. The largest absolute Gasteiger partial charge is 0.307 e. The van der Waals surface area contributed by atoms with E-state index in [9.17, 15) is 4.79 Å². The molecule has 0 aliphatic heterocycles. The lowest BCUT2D eigenvalue weighted by Gasteiger charge is -2.03. The SMILES string of the molecule is Cc1nc(NC(=O)/C=C/c2ccc(Cl)cc2)ccc1Br. The van der Waals surface area contributed by atoms with Crippen LogP contribution in [0.15, 0.2) is 46.9 Å². The van der Waals surface area contributed by atoms with Crippen LogP contribution in [0, 0.1) is 6.92 Å². The summed E-state index contributed by atoms with van der Waals surface area (Å²) in [6, 6.07) is 10.8. The Bertz CT molecular complexity index is 653. The second kappa shape index (κ2) is 6.68. The van der Waals surface area contributed by atoms with E-state index >= 15 is 0 Å². The predicted octanol–water partition coefficient (Wildman–Crippen LogP) is 4.46. The molecule has 0 fully saturated rings. The van der Waals surface area contributed by atoms with Crippen LogP contribution >= 0.6 is 27.5 Å². The maximum absolute atomic E-state index is 11.8. The van der Waals surface area contributed by atoms with Crippen molar-refractivity contribution in [2.45, 2.75) is 6.92 Å². The van der Waals surface area contributed by atoms with Crippen LogP contribution < -0.4 is 5.32 Å². The van der Waals surface area contributed by atoms with E-state index in [1.54, 1.807) is 24.3 Å². The van der Waals surface area contributed by atoms with Crippen molar-refractivity contribution in [1.29, 1.82) is 0 Å². The highest BCUT2D eigenvalue weighted by molar-refractivity contribution is 9.10. The number of benzene rings is 1. The lowest BCUT2D eigenvalue weighted by atomic mass is 10.2. The van der Waals surface area contributed by atoms with Gasteiger partial charge in [-0.3, -0.25) is 4.79 Å². The normalized spacial score (nSPS) is 10.8. The monoisotopic (exact) mass is 350 g/mol. The van der Waals surface area contributed by atoms with Gasteiger partial charge in [0.25, 0.3) is 0 Å². The topological polar surface area (TPSA) is 42.0 Å². The first-order valence-corrected chi connectivity index (χ1v) is 7.09. The molecule has 0 atom stereocenters. The molecule has 1 aromatic heterocycles. The molecule has 1 amide bonds. The van der Waals surface area contributed by atoms with Crippen LogP contribution in [-0.2, 0) is 4.79 Å². The van der Waals surface area contributed by atoms with Crippen LogP contribution in [0.4, 0.5) is 5.82 Å². The third kappa shape index (κ3) is 4.18. The average Bonchev–Trinajstić information content (AvgIpc) is 2.42. The number of hydrogen-bond acceptors (Lipinski definition) is 2. The van der Waals surface area contributed by atoms with Crippen molar-refractivity contribution >= 4 is 45.3 Å². The van der Waals surface area contributed by atoms with Crippen molar-refractivity contribution in [3.63, 3.8) is 0 Å². The molecule has 0 unspecified atom stereocenters. The summed E-state index contributed by atoms with van der Waals surface area (Å²) in [4.78, 5) is 16.0. The Morgan fingerprint density at radius 2 is 1.95 bits per heavy atom. The Morgan fingerprint density at radius 1 is 1.25 bits per heavy atom. The molecule has 0 saturated heterocycles. The van der Waals surface area contributed by atoms with Crippen LogP contribution in [0.5, 0.6) is 0 Å². The average molecular weight is 352 g/mol. The van der Waals surface area contributed by atoms with E-state index in [0.717, 1.165) is 15.7 Å². The van der Waals surface area contributed by atoms with Crippen LogP contribution in [0.2, 0.25) is 5.02 Å². The van der Waals surface area contributed by atoms with E-state index in [1.165, 1.54) is 6.08 Å². The lowest BCUT2D eigenvalue weighted by Crippen LogP contribution is -2.09. The highest BCUT2D eigenvalue weighted by Crippen LogP contribution is 2.16. The van der Waals surface area contributed by atoms with E-state index in [4.69, 9.17) is 11.6 Å². The van der Waals surface area contributed by atoms with E-state index in [0.29, 0.717) is 10.8 Å². The second-order valence-electron chi connectivity index (χ2n) is 4.14. The number of aromatic nitrogens is 1. The van der Waals surface area contributed by atoms with Gasteiger partial charge in [-0.05, 0) is 58.8 Å². The molecule has 2 aromatic rings. The molecule has 0 aliphatic carbocycles. The van der Waals surface area contributed by atoms with Gasteiger partial charge in [-0.2, -0.15) is 0 Å². The van der Waals surface area contributed by atoms with Crippen LogP contribution in [0.25, 0.3) is 6.08 Å². The molecule has 0 bridgehead atoms. The number of carbonyl (C=O) groups excluding carboxylic acids is 1. The summed E-state index contributed by atoms with van der Waals surface area (Å²) in [5.74, 6) is 0.297. The third-order valence-corrected chi connectivity index (χ3v) is 3.66. The second-order valence-corrected chi connectivity index (χ2v) is 5.43. The summed E-state index contributed by atoms with van der Waals surface area (Å²) in [5.41, 5.74) is 1.73. The highest BCUT2D eigenvalue weighted by Gasteiger charge is 2.01. The summed E-state index contributed by atoms with van der Waals surface area (Å²) >= 11 is 9.16. The molecule has 1 heterocycles. The number of anilines is 1. The number of amides is 1. The van der Waals surface area contributed by atoms with Crippen molar-refractivity contribution in [2.75, 3.05) is 5.32 Å². The van der Waals surface area contributed by atoms with Gasteiger partial charge in [0, 0.05) is 15.6 Å². The fourth-order valence-electron chi connectivity index (χ4n) is 1.53. The Labute approximate surface area is 130 Å². The minimum Gasteiger partial charge on any atom is -0.307 e. The molecule has 0 saturated carbocycles. The molecule has 102 valence electrons. The van der Waals surface area contributed by atoms with Crippen molar-refractivity contribution in [2.24, 2.45) is 0 Å². The number of pyridine rings is 1. The zero-order valence-electron chi connectivity index (χ0n) is 10.7. The van der Waals surface area contributed by atoms with E-state index in [1.807, 2.05) is 25.1 Å². The molecule has 0 aliphatic rings. The molecule has 0 radical (unpaired) electrons. The van der Waals surface area contributed by atoms with Gasteiger partial charge in [-0.15, -0.1) is 0 Å². The van der Waals surface area contributed by atoms with Crippen LogP contribution in [0.3, 0.4) is 0 Å². The molecule has 3 nitrogen and oxygen atoms in total. The molecule has 2 rings (SSSR count). The quantitative estimate of drug-likeness (QED) is 0.830. The number of nitrogens with one attached hydrogen (secondary N) is 1. The molecule has 0 spiro atoms. The Hall–Kier alpha value is -1.65. The van der Waals surface area contributed by atoms with Crippen molar-refractivity contribution < 1.29 is 4.79 Å². The molecular formula is C15H12BrClN2O. The van der Waals surface area contributed by atoms with Gasteiger partial charge in [-0.25, -0.2) is 4.98 Å². The molecule has 1 N–H and O–H groups in total. The molecular weight excluding hydrogens is 340 g/mol. The van der Waals surface area contributed by atoms with E-state index in [-0.39, 0.29) is 5.91 Å². The van der Waals surface area contributed by atoms with Gasteiger partial charge in [0.05, 0.1) is 5.69 Å². The number of carbonyl (C=O) groups is 1. The summed E-state index contributed by atoms with van der Waals surface area (Å²) in [6.45, 7) is 1.86. The van der Waals surface area contributed by atoms with Crippen molar-refractivity contribution in [3.8, 4) is 0 Å². The Balaban J connectivity index is 2.01. The van der Waals surface area contributed by atoms with Crippen molar-refractivity contribution in [3.05, 3.63) is 63.2 Å². The summed E-state index contributed by atoms with van der Waals surface area (Å²) in [6.07, 6.45) is 3.18. The first-order chi connectivity index (χ1) is 9.54. The first kappa shape index (κ1) is 14.8. The maximum atomic E-state index is 11.8. The van der Waals surface area contributed by atoms with Gasteiger partial charge in [0.2, 0.25) is 5.91 Å². The van der Waals surface area contributed by atoms with Gasteiger partial charge in [0.1, 0.15) is 5.82 Å². The zero-order chi connectivity index (χ0) is 14.5. The minimum atomic E-state index is -0.228. The van der Waals surface area contributed by atoms with E-state index in [2.05, 4.69) is 26.2 Å². The molecule has 20 heavy (non-hydrogen) atoms. The minimum absolute atomic E-state index is 0.228. The maximum Gasteiger partial charge on any atom is 0.249 e. The number of aryl methyl sites for hydroxylation is 1. The number of halogens is 2. The van der Waals surface area contributed by atoms with Gasteiger partial charge in [0.15, 0.2) is 0 Å². The van der Waals surface area contributed by atoms with Gasteiger partial charge in [-0.1, -0.05) is 23.7 Å². The summed E-state index contributed by atoms with van der Waals surface area (Å²) in [5, 5.41) is 3.38. The lowest BCUT2D eigenvalue weighted by molar-refractivity contribution is -0.111. The number of hydrogen-bond donors (Lipinski definition) is 1. The van der Waals surface area contributed by atoms with Crippen molar-refractivity contribution in [1.82, 2.24) is 4.98 Å².